The summed E-state index contributed by atoms with van der Waals surface area (Å²) in [6, 6.07) is -0.0463. The van der Waals surface area contributed by atoms with Crippen molar-refractivity contribution in [1.82, 2.24) is 21.3 Å². The predicted molar refractivity (Wildman–Crippen MR) is 251 cm³/mol. The number of urea groups is 1. The quantitative estimate of drug-likeness (QED) is 0.211. The molecule has 4 aliphatic heterocycles. The molecule has 0 spiro atoms. The number of carbonyl (C=O) groups excluding carboxylic acids is 3. The molecule has 9 heteroatoms. The number of rotatable bonds is 4. The Morgan fingerprint density at radius 2 is 0.741 bits per heavy atom. The van der Waals surface area contributed by atoms with Gasteiger partial charge >= 0.3 is 18.1 Å². The summed E-state index contributed by atoms with van der Waals surface area (Å²) in [5, 5.41) is 10.7. The molecule has 4 aliphatic rings. The Morgan fingerprint density at radius 3 is 0.796 bits per heavy atom. The molecule has 0 saturated carbocycles. The molecule has 0 aromatic carbocycles. The van der Waals surface area contributed by atoms with Gasteiger partial charge in [0.1, 0.15) is 6.61 Å². The van der Waals surface area contributed by atoms with Crippen molar-refractivity contribution in [3.8, 4) is 0 Å². The zero-order chi connectivity index (χ0) is 41.2. The first kappa shape index (κ1) is 84.5. The Balaban J connectivity index is -0.0000000361. The van der Waals surface area contributed by atoms with E-state index in [1.807, 2.05) is 55.4 Å². The fourth-order valence-corrected chi connectivity index (χ4v) is 1.41. The maximum absolute atomic E-state index is 10.0. The number of carbonyl (C=O) groups is 3. The van der Waals surface area contributed by atoms with E-state index >= 15 is 0 Å². The molecule has 0 aromatic rings. The molecule has 0 radical (unpaired) electrons. The van der Waals surface area contributed by atoms with Crippen LogP contribution in [0.15, 0.2) is 0 Å². The molecule has 0 atom stereocenters. The predicted octanol–water partition coefficient (Wildman–Crippen LogP) is 14.2. The fourth-order valence-electron chi connectivity index (χ4n) is 1.41. The molecule has 0 bridgehead atoms. The number of nitrogens with one attached hydrogen (secondary N) is 4. The van der Waals surface area contributed by atoms with Crippen molar-refractivity contribution < 1.29 is 23.9 Å². The van der Waals surface area contributed by atoms with Gasteiger partial charge in [-0.25, -0.2) is 9.59 Å². The van der Waals surface area contributed by atoms with Crippen molar-refractivity contribution in [2.24, 2.45) is 23.7 Å². The lowest BCUT2D eigenvalue weighted by Crippen LogP contribution is -2.29. The third kappa shape index (κ3) is 125. The van der Waals surface area contributed by atoms with Crippen molar-refractivity contribution in [1.29, 1.82) is 0 Å². The van der Waals surface area contributed by atoms with Gasteiger partial charge in [0, 0.05) is 19.5 Å². The monoisotopic (exact) mass is 789 g/mol. The van der Waals surface area contributed by atoms with Crippen LogP contribution in [-0.2, 0) is 14.3 Å². The highest BCUT2D eigenvalue weighted by Crippen LogP contribution is 2.01. The maximum Gasteiger partial charge on any atom is 0.407 e. The van der Waals surface area contributed by atoms with E-state index in [1.165, 1.54) is 45.2 Å². The second-order valence-corrected chi connectivity index (χ2v) is 11.9. The highest BCUT2D eigenvalue weighted by molar-refractivity contribution is 5.75. The van der Waals surface area contributed by atoms with Gasteiger partial charge < -0.3 is 30.7 Å². The Labute approximate surface area is 345 Å². The number of esters is 1. The van der Waals surface area contributed by atoms with Crippen LogP contribution in [0, 0.1) is 23.7 Å². The smallest absolute Gasteiger partial charge is 0.407 e. The van der Waals surface area contributed by atoms with Gasteiger partial charge in [0.2, 0.25) is 0 Å². The van der Waals surface area contributed by atoms with Crippen LogP contribution in [-0.4, -0.2) is 64.0 Å². The molecule has 0 unspecified atom stereocenters. The van der Waals surface area contributed by atoms with E-state index in [9.17, 15) is 14.4 Å². The van der Waals surface area contributed by atoms with Crippen LogP contribution >= 0.6 is 0 Å². The van der Waals surface area contributed by atoms with Crippen molar-refractivity contribution in [2.75, 3.05) is 45.9 Å². The second-order valence-electron chi connectivity index (χ2n) is 11.9. The summed E-state index contributed by atoms with van der Waals surface area (Å²) in [5.41, 5.74) is 0. The van der Waals surface area contributed by atoms with Crippen LogP contribution in [0.2, 0.25) is 0 Å². The minimum Gasteiger partial charge on any atom is -0.466 e. The Kier molecular flexibility index (Phi) is 131. The molecule has 54 heavy (non-hydrogen) atoms. The van der Waals surface area contributed by atoms with Crippen molar-refractivity contribution in [3.05, 3.63) is 0 Å². The molecule has 342 valence electrons. The number of cyclic esters (lactones) is 2. The van der Waals surface area contributed by atoms with Gasteiger partial charge in [0.25, 0.3) is 0 Å². The average Bonchev–Trinajstić information content (AvgIpc) is 3.91. The Hall–Kier alpha value is -2.03. The zero-order valence-corrected chi connectivity index (χ0v) is 37.8. The van der Waals surface area contributed by atoms with E-state index in [0.717, 1.165) is 43.2 Å². The van der Waals surface area contributed by atoms with Crippen LogP contribution < -0.4 is 21.3 Å². The first-order valence-electron chi connectivity index (χ1n) is 20.5. The largest absolute Gasteiger partial charge is 0.466 e. The van der Waals surface area contributed by atoms with E-state index in [0.29, 0.717) is 26.2 Å². The standard InChI is InChI=1S/4C5H12.C4H6O2.C3H6N2O.C3H5NO2.C3H7N.4C2H6.4CH4/c4*1-4-5(2)3;5-4-2-1-3-6-4;6-3-4-1-2-5-3;5-3-4-1-2-6-3;1-2-4-3-1;4*1-2;;;;/h4*5H,4H2,1-3H3;1-3H2;1-2H2,(H2,4,5,6);1-2H2,(H,4,5);4H,1-3H2;4*1-2H3;4*1H4. The molecular weight excluding hydrogens is 677 g/mol. The van der Waals surface area contributed by atoms with Gasteiger partial charge in [-0.15, -0.1) is 0 Å². The third-order valence-electron chi connectivity index (χ3n) is 6.06. The van der Waals surface area contributed by atoms with Crippen LogP contribution in [0.3, 0.4) is 0 Å². The van der Waals surface area contributed by atoms with Crippen LogP contribution in [0.1, 0.15) is 213 Å². The number of hydrogen-bond donors (Lipinski definition) is 4. The molecule has 4 N–H and O–H groups in total. The topological polar surface area (TPSA) is 118 Å². The lowest BCUT2D eigenvalue weighted by atomic mass is 10.2. The number of alkyl carbamates (subject to hydrolysis) is 1. The molecule has 4 saturated heterocycles. The summed E-state index contributed by atoms with van der Waals surface area (Å²) >= 11 is 0. The second kappa shape index (κ2) is 83.8. The molecule has 0 aliphatic carbocycles. The minimum absolute atomic E-state index is 0. The van der Waals surface area contributed by atoms with Gasteiger partial charge in [-0.2, -0.15) is 0 Å². The first-order valence-corrected chi connectivity index (χ1v) is 20.5. The van der Waals surface area contributed by atoms with Gasteiger partial charge in [-0.3, -0.25) is 4.79 Å². The van der Waals surface area contributed by atoms with Crippen LogP contribution in [0.5, 0.6) is 0 Å². The molecular formula is C45H112N4O5. The molecule has 3 amide bonds. The van der Waals surface area contributed by atoms with E-state index in [4.69, 9.17) is 0 Å². The maximum atomic E-state index is 10.0. The number of ether oxygens (including phenoxy) is 2. The Bertz CT molecular complexity index is 477. The van der Waals surface area contributed by atoms with Crippen LogP contribution in [0.25, 0.3) is 0 Å². The van der Waals surface area contributed by atoms with Gasteiger partial charge in [-0.1, -0.05) is 194 Å². The summed E-state index contributed by atoms with van der Waals surface area (Å²) < 4.78 is 8.92. The Morgan fingerprint density at radius 1 is 0.463 bits per heavy atom. The zero-order valence-electron chi connectivity index (χ0n) is 37.8. The SMILES string of the molecule is C.C.C.C.C1CNC1.CC.CC.CC.CC.CCC(C)C.CCC(C)C.CCC(C)C.CCC(C)C.O=C1CCCO1.O=C1NCCN1.O=C1NCCO1. The lowest BCUT2D eigenvalue weighted by molar-refractivity contribution is -0.137. The molecule has 4 fully saturated rings. The summed E-state index contributed by atoms with van der Waals surface area (Å²) in [5.74, 6) is 3.49. The van der Waals surface area contributed by atoms with E-state index < -0.39 is 0 Å². The minimum atomic E-state index is -0.296. The first-order chi connectivity index (χ1) is 23.8. The third-order valence-corrected chi connectivity index (χ3v) is 6.06. The van der Waals surface area contributed by atoms with E-state index in [1.54, 1.807) is 0 Å². The van der Waals surface area contributed by atoms with Gasteiger partial charge in [0.15, 0.2) is 0 Å². The fraction of sp³-hybridized carbons (Fsp3) is 0.933. The summed E-state index contributed by atoms with van der Waals surface area (Å²) in [6.07, 6.45) is 7.86. The van der Waals surface area contributed by atoms with E-state index in [2.05, 4.69) is 114 Å². The molecule has 4 heterocycles. The number of amides is 3. The average molecular weight is 789 g/mol. The molecule has 9 nitrogen and oxygen atoms in total. The summed E-state index contributed by atoms with van der Waals surface area (Å²) in [4.78, 5) is 30.0. The lowest BCUT2D eigenvalue weighted by Gasteiger charge is -2.09. The van der Waals surface area contributed by atoms with Gasteiger partial charge in [-0.05, 0) is 49.6 Å². The van der Waals surface area contributed by atoms with Gasteiger partial charge in [0.05, 0.1) is 13.2 Å². The highest BCUT2D eigenvalue weighted by atomic mass is 16.6. The summed E-state index contributed by atoms with van der Waals surface area (Å²) in [6.45, 7) is 48.5. The normalized spacial score (nSPS) is 12.5. The van der Waals surface area contributed by atoms with Crippen molar-refractivity contribution in [2.45, 2.75) is 213 Å². The van der Waals surface area contributed by atoms with Crippen molar-refractivity contribution >= 4 is 18.1 Å². The van der Waals surface area contributed by atoms with E-state index in [-0.39, 0.29) is 47.8 Å². The molecule has 4 rings (SSSR count). The van der Waals surface area contributed by atoms with Crippen molar-refractivity contribution in [3.63, 3.8) is 0 Å². The number of hydrogen-bond acceptors (Lipinski definition) is 6. The summed E-state index contributed by atoms with van der Waals surface area (Å²) in [7, 11) is 0. The molecule has 0 aromatic heterocycles. The van der Waals surface area contributed by atoms with Crippen LogP contribution in [0.4, 0.5) is 9.59 Å². The highest BCUT2D eigenvalue weighted by Gasteiger charge is 2.08.